The van der Waals surface area contributed by atoms with Gasteiger partial charge in [-0.2, -0.15) is 0 Å². The molecule has 2 rings (SSSR count). The highest BCUT2D eigenvalue weighted by atomic mass is 16.5. The molecule has 1 heterocycles. The Bertz CT molecular complexity index is 429. The highest BCUT2D eigenvalue weighted by Gasteiger charge is 2.12. The number of aryl methyl sites for hydroxylation is 2. The van der Waals surface area contributed by atoms with Gasteiger partial charge in [0.05, 0.1) is 13.2 Å². The van der Waals surface area contributed by atoms with E-state index in [2.05, 4.69) is 48.9 Å². The van der Waals surface area contributed by atoms with Crippen molar-refractivity contribution in [3.63, 3.8) is 0 Å². The van der Waals surface area contributed by atoms with E-state index in [1.807, 2.05) is 0 Å². The van der Waals surface area contributed by atoms with Crippen LogP contribution in [-0.4, -0.2) is 69.4 Å². The van der Waals surface area contributed by atoms with Crippen molar-refractivity contribution in [1.82, 2.24) is 9.80 Å². The van der Waals surface area contributed by atoms with Crippen molar-refractivity contribution in [3.8, 4) is 5.75 Å². The zero-order valence-electron chi connectivity index (χ0n) is 13.6. The Hall–Kier alpha value is -1.10. The van der Waals surface area contributed by atoms with Gasteiger partial charge >= 0.3 is 0 Å². The van der Waals surface area contributed by atoms with Crippen molar-refractivity contribution >= 4 is 0 Å². The predicted molar refractivity (Wildman–Crippen MR) is 86.2 cm³/mol. The quantitative estimate of drug-likeness (QED) is 0.717. The summed E-state index contributed by atoms with van der Waals surface area (Å²) in [6, 6.07) is 6.28. The number of ether oxygens (including phenoxy) is 2. The third-order valence-corrected chi connectivity index (χ3v) is 3.98. The van der Waals surface area contributed by atoms with Crippen LogP contribution in [0.3, 0.4) is 0 Å². The normalized spacial score (nSPS) is 17.1. The number of likely N-dealkylation sites (N-methyl/N-ethyl adjacent to an activating group) is 1. The number of piperazine rings is 1. The van der Waals surface area contributed by atoms with E-state index < -0.39 is 0 Å². The van der Waals surface area contributed by atoms with Gasteiger partial charge in [0.15, 0.2) is 0 Å². The second-order valence-electron chi connectivity index (χ2n) is 5.87. The SMILES string of the molecule is Cc1ccc(C)c(OCCOCCN2CCN(C)CC2)c1. The number of hydrogen-bond donors (Lipinski definition) is 0. The van der Waals surface area contributed by atoms with Gasteiger partial charge in [-0.25, -0.2) is 0 Å². The van der Waals surface area contributed by atoms with Crippen LogP contribution in [0, 0.1) is 13.8 Å². The van der Waals surface area contributed by atoms with E-state index in [0.717, 1.165) is 45.1 Å². The fraction of sp³-hybridized carbons (Fsp3) is 0.647. The molecule has 0 atom stereocenters. The van der Waals surface area contributed by atoms with E-state index in [9.17, 15) is 0 Å². The first kappa shape index (κ1) is 16.3. The topological polar surface area (TPSA) is 24.9 Å². The molecule has 1 aliphatic rings. The molecular formula is C17H28N2O2. The second-order valence-corrected chi connectivity index (χ2v) is 5.87. The van der Waals surface area contributed by atoms with Gasteiger partial charge in [-0.15, -0.1) is 0 Å². The minimum Gasteiger partial charge on any atom is -0.491 e. The van der Waals surface area contributed by atoms with Crippen LogP contribution >= 0.6 is 0 Å². The maximum absolute atomic E-state index is 5.78. The summed E-state index contributed by atoms with van der Waals surface area (Å²) in [4.78, 5) is 4.83. The van der Waals surface area contributed by atoms with Crippen molar-refractivity contribution in [2.45, 2.75) is 13.8 Å². The van der Waals surface area contributed by atoms with Crippen molar-refractivity contribution in [2.75, 3.05) is 59.6 Å². The minimum atomic E-state index is 0.618. The Morgan fingerprint density at radius 1 is 1.00 bits per heavy atom. The first-order valence-electron chi connectivity index (χ1n) is 7.84. The Balaban J connectivity index is 1.55. The van der Waals surface area contributed by atoms with Crippen LogP contribution in [0.5, 0.6) is 5.75 Å². The fourth-order valence-electron chi connectivity index (χ4n) is 2.44. The van der Waals surface area contributed by atoms with Crippen LogP contribution in [0.2, 0.25) is 0 Å². The Labute approximate surface area is 128 Å². The zero-order valence-corrected chi connectivity index (χ0v) is 13.6. The molecule has 118 valence electrons. The molecule has 0 aliphatic carbocycles. The molecule has 4 nitrogen and oxygen atoms in total. The molecule has 0 saturated carbocycles. The largest absolute Gasteiger partial charge is 0.491 e. The third-order valence-electron chi connectivity index (χ3n) is 3.98. The van der Waals surface area contributed by atoms with Gasteiger partial charge in [-0.3, -0.25) is 4.90 Å². The van der Waals surface area contributed by atoms with Gasteiger partial charge < -0.3 is 14.4 Å². The summed E-state index contributed by atoms with van der Waals surface area (Å²) < 4.78 is 11.5. The Morgan fingerprint density at radius 3 is 2.52 bits per heavy atom. The summed E-state index contributed by atoms with van der Waals surface area (Å²) in [6.07, 6.45) is 0. The van der Waals surface area contributed by atoms with Crippen LogP contribution in [0.25, 0.3) is 0 Å². The first-order valence-corrected chi connectivity index (χ1v) is 7.84. The van der Waals surface area contributed by atoms with Crippen molar-refractivity contribution in [3.05, 3.63) is 29.3 Å². The molecule has 21 heavy (non-hydrogen) atoms. The van der Waals surface area contributed by atoms with Crippen LogP contribution in [0.15, 0.2) is 18.2 Å². The Kier molecular flexibility index (Phi) is 6.49. The molecule has 1 saturated heterocycles. The molecule has 1 aliphatic heterocycles. The lowest BCUT2D eigenvalue weighted by Gasteiger charge is -2.32. The fourth-order valence-corrected chi connectivity index (χ4v) is 2.44. The van der Waals surface area contributed by atoms with Crippen LogP contribution in [-0.2, 0) is 4.74 Å². The van der Waals surface area contributed by atoms with Gasteiger partial charge in [-0.1, -0.05) is 12.1 Å². The van der Waals surface area contributed by atoms with Crippen LogP contribution in [0.1, 0.15) is 11.1 Å². The molecule has 1 aromatic carbocycles. The van der Waals surface area contributed by atoms with E-state index in [-0.39, 0.29) is 0 Å². The van der Waals surface area contributed by atoms with E-state index in [1.165, 1.54) is 11.1 Å². The highest BCUT2D eigenvalue weighted by molar-refractivity contribution is 5.35. The van der Waals surface area contributed by atoms with Gasteiger partial charge in [0.25, 0.3) is 0 Å². The van der Waals surface area contributed by atoms with Crippen LogP contribution in [0.4, 0.5) is 0 Å². The number of benzene rings is 1. The first-order chi connectivity index (χ1) is 10.1. The lowest BCUT2D eigenvalue weighted by molar-refractivity contribution is 0.0657. The van der Waals surface area contributed by atoms with Crippen LogP contribution < -0.4 is 4.74 Å². The molecule has 0 unspecified atom stereocenters. The maximum atomic E-state index is 5.78. The molecule has 0 spiro atoms. The van der Waals surface area contributed by atoms with Gasteiger partial charge in [0.2, 0.25) is 0 Å². The molecule has 0 amide bonds. The second kappa shape index (κ2) is 8.37. The summed E-state index contributed by atoms with van der Waals surface area (Å²) >= 11 is 0. The van der Waals surface area contributed by atoms with E-state index in [4.69, 9.17) is 9.47 Å². The number of nitrogens with zero attached hydrogens (tertiary/aromatic N) is 2. The monoisotopic (exact) mass is 292 g/mol. The third kappa shape index (κ3) is 5.65. The zero-order chi connectivity index (χ0) is 15.1. The summed E-state index contributed by atoms with van der Waals surface area (Å²) in [6.45, 7) is 11.9. The van der Waals surface area contributed by atoms with E-state index in [0.29, 0.717) is 13.2 Å². The molecule has 0 radical (unpaired) electrons. The molecular weight excluding hydrogens is 264 g/mol. The highest BCUT2D eigenvalue weighted by Crippen LogP contribution is 2.18. The van der Waals surface area contributed by atoms with E-state index in [1.54, 1.807) is 0 Å². The number of hydrogen-bond acceptors (Lipinski definition) is 4. The van der Waals surface area contributed by atoms with Gasteiger partial charge in [0.1, 0.15) is 12.4 Å². The smallest absolute Gasteiger partial charge is 0.122 e. The molecule has 1 aromatic rings. The molecule has 4 heteroatoms. The van der Waals surface area contributed by atoms with E-state index >= 15 is 0 Å². The van der Waals surface area contributed by atoms with Gasteiger partial charge in [-0.05, 0) is 38.1 Å². The van der Waals surface area contributed by atoms with Crippen molar-refractivity contribution < 1.29 is 9.47 Å². The molecule has 0 aromatic heterocycles. The Morgan fingerprint density at radius 2 is 1.76 bits per heavy atom. The summed E-state index contributed by atoms with van der Waals surface area (Å²) in [5.41, 5.74) is 2.41. The molecule has 0 bridgehead atoms. The average Bonchev–Trinajstić information content (AvgIpc) is 2.48. The number of rotatable bonds is 7. The summed E-state index contributed by atoms with van der Waals surface area (Å²) in [5.74, 6) is 0.970. The summed E-state index contributed by atoms with van der Waals surface area (Å²) in [7, 11) is 2.18. The summed E-state index contributed by atoms with van der Waals surface area (Å²) in [5, 5.41) is 0. The van der Waals surface area contributed by atoms with Crippen molar-refractivity contribution in [2.24, 2.45) is 0 Å². The van der Waals surface area contributed by atoms with Gasteiger partial charge in [0, 0.05) is 32.7 Å². The van der Waals surface area contributed by atoms with Crippen molar-refractivity contribution in [1.29, 1.82) is 0 Å². The predicted octanol–water partition coefficient (Wildman–Crippen LogP) is 1.95. The minimum absolute atomic E-state index is 0.618. The molecule has 1 fully saturated rings. The average molecular weight is 292 g/mol. The standard InChI is InChI=1S/C17H28N2O2/c1-15-4-5-16(2)17(14-15)21-13-12-20-11-10-19-8-6-18(3)7-9-19/h4-5,14H,6-13H2,1-3H3. The lowest BCUT2D eigenvalue weighted by Crippen LogP contribution is -2.45. The maximum Gasteiger partial charge on any atom is 0.122 e. The molecule has 0 N–H and O–H groups in total. The lowest BCUT2D eigenvalue weighted by atomic mass is 10.1.